The van der Waals surface area contributed by atoms with Crippen LogP contribution in [-0.4, -0.2) is 25.7 Å². The van der Waals surface area contributed by atoms with Crippen molar-refractivity contribution < 1.29 is 17.9 Å². The third-order valence-electron chi connectivity index (χ3n) is 2.67. The number of aliphatic hydroxyl groups is 1. The largest absolute Gasteiger partial charge is 0.389 e. The number of hydrogen-bond acceptors (Lipinski definition) is 3. The maximum atomic E-state index is 13.0. The second-order valence-corrected chi connectivity index (χ2v) is 8.08. The van der Waals surface area contributed by atoms with E-state index in [-0.39, 0.29) is 21.8 Å². The summed E-state index contributed by atoms with van der Waals surface area (Å²) in [5.41, 5.74) is -1.13. The predicted molar refractivity (Wildman–Crippen MR) is 79.4 cm³/mol. The number of sulfonamides is 1. The van der Waals surface area contributed by atoms with Crippen LogP contribution in [-0.2, 0) is 10.0 Å². The lowest BCUT2D eigenvalue weighted by molar-refractivity contribution is 0.0436. The second kappa shape index (κ2) is 6.51. The van der Waals surface area contributed by atoms with Crippen LogP contribution in [0.2, 0.25) is 0 Å². The molecule has 20 heavy (non-hydrogen) atoms. The van der Waals surface area contributed by atoms with Gasteiger partial charge in [-0.1, -0.05) is 13.8 Å². The van der Waals surface area contributed by atoms with Gasteiger partial charge in [0.1, 0.15) is 5.82 Å². The highest BCUT2D eigenvalue weighted by atomic mass is 79.9. The smallest absolute Gasteiger partial charge is 0.241 e. The molecule has 0 aromatic heterocycles. The molecule has 0 saturated carbocycles. The zero-order valence-corrected chi connectivity index (χ0v) is 14.1. The molecule has 0 aliphatic rings. The molecule has 0 spiro atoms. The molecule has 0 saturated heterocycles. The van der Waals surface area contributed by atoms with Crippen LogP contribution in [0.5, 0.6) is 0 Å². The summed E-state index contributed by atoms with van der Waals surface area (Å²) in [6.45, 7) is 5.37. The number of nitrogens with one attached hydrogen (secondary N) is 1. The van der Waals surface area contributed by atoms with Crippen LogP contribution >= 0.6 is 15.9 Å². The molecule has 0 aliphatic heterocycles. The summed E-state index contributed by atoms with van der Waals surface area (Å²) in [5, 5.41) is 10.1. The summed E-state index contributed by atoms with van der Waals surface area (Å²) in [6.07, 6.45) is 0.472. The Hall–Kier alpha value is -0.500. The molecule has 0 heterocycles. The number of hydrogen-bond donors (Lipinski definition) is 2. The van der Waals surface area contributed by atoms with E-state index in [0.717, 1.165) is 12.1 Å². The van der Waals surface area contributed by atoms with Crippen LogP contribution in [0, 0.1) is 11.7 Å². The van der Waals surface area contributed by atoms with Crippen LogP contribution in [0.1, 0.15) is 27.2 Å². The summed E-state index contributed by atoms with van der Waals surface area (Å²) in [5.74, 6) is -0.283. The highest BCUT2D eigenvalue weighted by molar-refractivity contribution is 9.10. The van der Waals surface area contributed by atoms with Crippen molar-refractivity contribution in [1.82, 2.24) is 4.72 Å². The van der Waals surface area contributed by atoms with Crippen molar-refractivity contribution in [3.05, 3.63) is 28.5 Å². The zero-order chi connectivity index (χ0) is 15.6. The van der Waals surface area contributed by atoms with Gasteiger partial charge in [-0.05, 0) is 53.4 Å². The summed E-state index contributed by atoms with van der Waals surface area (Å²) in [6, 6.07) is 3.34. The van der Waals surface area contributed by atoms with Gasteiger partial charge in [-0.15, -0.1) is 0 Å². The van der Waals surface area contributed by atoms with Gasteiger partial charge in [-0.25, -0.2) is 17.5 Å². The van der Waals surface area contributed by atoms with Crippen LogP contribution in [0.15, 0.2) is 27.6 Å². The van der Waals surface area contributed by atoms with E-state index in [1.807, 2.05) is 13.8 Å². The van der Waals surface area contributed by atoms with Crippen molar-refractivity contribution in [2.75, 3.05) is 6.54 Å². The molecule has 0 aliphatic carbocycles. The Morgan fingerprint density at radius 1 is 1.45 bits per heavy atom. The standard InChI is InChI=1S/C13H19BrFNO3S/c1-9(2)7-13(3,17)8-16-20(18,19)12-5-4-10(15)6-11(12)14/h4-6,9,16-17H,7-8H2,1-3H3. The Balaban J connectivity index is 2.85. The van der Waals surface area contributed by atoms with Crippen molar-refractivity contribution in [2.45, 2.75) is 37.7 Å². The first-order chi connectivity index (χ1) is 9.03. The van der Waals surface area contributed by atoms with E-state index in [4.69, 9.17) is 0 Å². The minimum atomic E-state index is -3.80. The molecule has 0 radical (unpaired) electrons. The highest BCUT2D eigenvalue weighted by Gasteiger charge is 2.26. The minimum absolute atomic E-state index is 0.0563. The minimum Gasteiger partial charge on any atom is -0.389 e. The maximum absolute atomic E-state index is 13.0. The molecule has 1 aromatic carbocycles. The third kappa shape index (κ3) is 5.12. The second-order valence-electron chi connectivity index (χ2n) is 5.49. The lowest BCUT2D eigenvalue weighted by Crippen LogP contribution is -2.41. The lowest BCUT2D eigenvalue weighted by Gasteiger charge is -2.25. The Kier molecular flexibility index (Phi) is 5.71. The van der Waals surface area contributed by atoms with Crippen LogP contribution in [0.25, 0.3) is 0 Å². The number of rotatable bonds is 6. The topological polar surface area (TPSA) is 66.4 Å². The summed E-state index contributed by atoms with van der Waals surface area (Å²) < 4.78 is 39.7. The van der Waals surface area contributed by atoms with Gasteiger partial charge in [0, 0.05) is 11.0 Å². The normalized spacial score (nSPS) is 15.3. The average molecular weight is 368 g/mol. The quantitative estimate of drug-likeness (QED) is 0.811. The molecule has 1 rings (SSSR count). The van der Waals surface area contributed by atoms with Crippen molar-refractivity contribution in [3.63, 3.8) is 0 Å². The Morgan fingerprint density at radius 3 is 2.55 bits per heavy atom. The molecule has 0 fully saturated rings. The van der Waals surface area contributed by atoms with E-state index >= 15 is 0 Å². The van der Waals surface area contributed by atoms with Crippen LogP contribution < -0.4 is 4.72 Å². The molecule has 1 aromatic rings. The Labute approximate surface area is 127 Å². The zero-order valence-electron chi connectivity index (χ0n) is 11.7. The first-order valence-electron chi connectivity index (χ1n) is 6.20. The van der Waals surface area contributed by atoms with Crippen LogP contribution in [0.3, 0.4) is 0 Å². The monoisotopic (exact) mass is 367 g/mol. The van der Waals surface area contributed by atoms with Gasteiger partial charge in [0.05, 0.1) is 10.5 Å². The van der Waals surface area contributed by atoms with Crippen molar-refractivity contribution in [1.29, 1.82) is 0 Å². The van der Waals surface area contributed by atoms with Gasteiger partial charge in [0.2, 0.25) is 10.0 Å². The molecule has 4 nitrogen and oxygen atoms in total. The van der Waals surface area contributed by atoms with Crippen LogP contribution in [0.4, 0.5) is 4.39 Å². The van der Waals surface area contributed by atoms with Gasteiger partial charge in [-0.3, -0.25) is 0 Å². The average Bonchev–Trinajstić information content (AvgIpc) is 2.24. The molecule has 7 heteroatoms. The molecule has 114 valence electrons. The first kappa shape index (κ1) is 17.6. The van der Waals surface area contributed by atoms with Crippen molar-refractivity contribution in [2.24, 2.45) is 5.92 Å². The third-order valence-corrected chi connectivity index (χ3v) is 5.05. The fourth-order valence-corrected chi connectivity index (χ4v) is 4.18. The lowest BCUT2D eigenvalue weighted by atomic mass is 9.95. The predicted octanol–water partition coefficient (Wildman–Crippen LogP) is 2.66. The van der Waals surface area contributed by atoms with E-state index in [0.29, 0.717) is 6.42 Å². The fourth-order valence-electron chi connectivity index (χ4n) is 1.97. The number of benzene rings is 1. The van der Waals surface area contributed by atoms with Gasteiger partial charge < -0.3 is 5.11 Å². The maximum Gasteiger partial charge on any atom is 0.241 e. The van der Waals surface area contributed by atoms with Gasteiger partial charge in [-0.2, -0.15) is 0 Å². The molecular weight excluding hydrogens is 349 g/mol. The fraction of sp³-hybridized carbons (Fsp3) is 0.538. The SMILES string of the molecule is CC(C)CC(C)(O)CNS(=O)(=O)c1ccc(F)cc1Br. The summed E-state index contributed by atoms with van der Waals surface area (Å²) >= 11 is 3.02. The Morgan fingerprint density at radius 2 is 2.05 bits per heavy atom. The van der Waals surface area contributed by atoms with E-state index in [9.17, 15) is 17.9 Å². The summed E-state index contributed by atoms with van der Waals surface area (Å²) in [4.78, 5) is -0.0563. The molecular formula is C13H19BrFNO3S. The van der Waals surface area contributed by atoms with E-state index in [2.05, 4.69) is 20.7 Å². The van der Waals surface area contributed by atoms with Gasteiger partial charge >= 0.3 is 0 Å². The van der Waals surface area contributed by atoms with E-state index < -0.39 is 21.4 Å². The van der Waals surface area contributed by atoms with Gasteiger partial charge in [0.25, 0.3) is 0 Å². The van der Waals surface area contributed by atoms with Gasteiger partial charge in [0.15, 0.2) is 0 Å². The highest BCUT2D eigenvalue weighted by Crippen LogP contribution is 2.23. The molecule has 0 amide bonds. The molecule has 2 N–H and O–H groups in total. The molecule has 0 bridgehead atoms. The van der Waals surface area contributed by atoms with Crippen molar-refractivity contribution >= 4 is 26.0 Å². The van der Waals surface area contributed by atoms with Crippen molar-refractivity contribution in [3.8, 4) is 0 Å². The summed E-state index contributed by atoms with van der Waals surface area (Å²) in [7, 11) is -3.80. The van der Waals surface area contributed by atoms with E-state index in [1.165, 1.54) is 6.07 Å². The Bertz CT molecular complexity index is 573. The molecule has 1 unspecified atom stereocenters. The molecule has 1 atom stereocenters. The first-order valence-corrected chi connectivity index (χ1v) is 8.48. The number of halogens is 2. The van der Waals surface area contributed by atoms with E-state index in [1.54, 1.807) is 6.92 Å².